The summed E-state index contributed by atoms with van der Waals surface area (Å²) in [6.45, 7) is 5.19. The second kappa shape index (κ2) is 6.90. The minimum Gasteiger partial charge on any atom is -0.310 e. The second-order valence-electron chi connectivity index (χ2n) is 5.74. The Hall–Kier alpha value is -0.910. The Labute approximate surface area is 128 Å². The summed E-state index contributed by atoms with van der Waals surface area (Å²) < 4.78 is 26.7. The fraction of sp³-hybridized carbons (Fsp3) is 0.625. The van der Waals surface area contributed by atoms with Gasteiger partial charge in [-0.05, 0) is 49.9 Å². The van der Waals surface area contributed by atoms with E-state index in [1.54, 1.807) is 13.1 Å². The molecular formula is C16H26N2O2S. The van der Waals surface area contributed by atoms with E-state index < -0.39 is 10.0 Å². The van der Waals surface area contributed by atoms with E-state index in [-0.39, 0.29) is 12.1 Å². The van der Waals surface area contributed by atoms with E-state index in [2.05, 4.69) is 19.2 Å². The van der Waals surface area contributed by atoms with Crippen LogP contribution in [0, 0.1) is 0 Å². The molecule has 5 heteroatoms. The van der Waals surface area contributed by atoms with Crippen molar-refractivity contribution in [2.75, 3.05) is 13.6 Å². The Morgan fingerprint density at radius 1 is 1.33 bits per heavy atom. The predicted molar refractivity (Wildman–Crippen MR) is 85.7 cm³/mol. The fourth-order valence-electron chi connectivity index (χ4n) is 2.51. The molecule has 0 radical (unpaired) electrons. The van der Waals surface area contributed by atoms with Crippen LogP contribution in [0.5, 0.6) is 0 Å². The van der Waals surface area contributed by atoms with Gasteiger partial charge in [0.05, 0.1) is 4.90 Å². The summed E-state index contributed by atoms with van der Waals surface area (Å²) in [5, 5.41) is 3.47. The first kappa shape index (κ1) is 16.5. The first-order valence-corrected chi connectivity index (χ1v) is 9.26. The summed E-state index contributed by atoms with van der Waals surface area (Å²) in [6.07, 6.45) is 3.97. The van der Waals surface area contributed by atoms with Crippen molar-refractivity contribution in [3.05, 3.63) is 29.8 Å². The molecule has 1 N–H and O–H groups in total. The van der Waals surface area contributed by atoms with Crippen molar-refractivity contribution < 1.29 is 8.42 Å². The number of benzene rings is 1. The lowest BCUT2D eigenvalue weighted by molar-refractivity contribution is 0.463. The van der Waals surface area contributed by atoms with E-state index >= 15 is 0 Å². The summed E-state index contributed by atoms with van der Waals surface area (Å²) in [5.74, 6) is 0. The van der Waals surface area contributed by atoms with Crippen LogP contribution in [0.15, 0.2) is 29.2 Å². The van der Waals surface area contributed by atoms with Crippen LogP contribution in [-0.4, -0.2) is 32.4 Å². The molecule has 4 nitrogen and oxygen atoms in total. The van der Waals surface area contributed by atoms with Crippen LogP contribution in [0.25, 0.3) is 0 Å². The van der Waals surface area contributed by atoms with Crippen molar-refractivity contribution >= 4 is 10.0 Å². The number of hydrogen-bond acceptors (Lipinski definition) is 3. The van der Waals surface area contributed by atoms with Gasteiger partial charge in [-0.3, -0.25) is 0 Å². The Kier molecular flexibility index (Phi) is 5.41. The summed E-state index contributed by atoms with van der Waals surface area (Å²) in [4.78, 5) is 0.408. The van der Waals surface area contributed by atoms with Crippen molar-refractivity contribution in [3.63, 3.8) is 0 Å². The highest BCUT2D eigenvalue weighted by Crippen LogP contribution is 2.31. The first-order valence-electron chi connectivity index (χ1n) is 7.82. The van der Waals surface area contributed by atoms with E-state index in [0.717, 1.165) is 37.8 Å². The van der Waals surface area contributed by atoms with E-state index in [0.29, 0.717) is 4.90 Å². The lowest BCUT2D eigenvalue weighted by Gasteiger charge is -2.20. The van der Waals surface area contributed by atoms with Gasteiger partial charge in [-0.1, -0.05) is 26.0 Å². The number of sulfonamides is 1. The zero-order chi connectivity index (χ0) is 15.5. The minimum atomic E-state index is -3.35. The van der Waals surface area contributed by atoms with Crippen molar-refractivity contribution in [1.29, 1.82) is 0 Å². The average Bonchev–Trinajstić information content (AvgIpc) is 3.32. The van der Waals surface area contributed by atoms with Crippen LogP contribution in [0.3, 0.4) is 0 Å². The molecule has 118 valence electrons. The molecule has 21 heavy (non-hydrogen) atoms. The van der Waals surface area contributed by atoms with E-state index in [9.17, 15) is 8.42 Å². The summed E-state index contributed by atoms with van der Waals surface area (Å²) in [6, 6.07) is 7.78. The van der Waals surface area contributed by atoms with Gasteiger partial charge < -0.3 is 5.32 Å². The lowest BCUT2D eigenvalue weighted by atomic mass is 10.0. The quantitative estimate of drug-likeness (QED) is 0.803. The van der Waals surface area contributed by atoms with Crippen LogP contribution in [0.1, 0.15) is 51.1 Å². The number of hydrogen-bond donors (Lipinski definition) is 1. The van der Waals surface area contributed by atoms with Crippen LogP contribution in [0.2, 0.25) is 0 Å². The van der Waals surface area contributed by atoms with E-state index in [4.69, 9.17) is 0 Å². The third-order valence-electron chi connectivity index (χ3n) is 4.05. The molecule has 1 aliphatic rings. The largest absolute Gasteiger partial charge is 0.310 e. The normalized spacial score (nSPS) is 17.1. The van der Waals surface area contributed by atoms with Gasteiger partial charge in [0, 0.05) is 19.1 Å². The summed E-state index contributed by atoms with van der Waals surface area (Å²) in [7, 11) is -1.67. The molecule has 0 bridgehead atoms. The van der Waals surface area contributed by atoms with Gasteiger partial charge in [0.2, 0.25) is 10.0 Å². The first-order chi connectivity index (χ1) is 10.0. The van der Waals surface area contributed by atoms with Crippen LogP contribution in [-0.2, 0) is 10.0 Å². The standard InChI is InChI=1S/C16H26N2O2S/c1-4-11-17-16(5-2)13-7-6-8-15(12-13)21(19,20)18(3)14-9-10-14/h6-8,12,14,16-17H,4-5,9-11H2,1-3H3. The molecule has 0 aromatic heterocycles. The number of nitrogens with zero attached hydrogens (tertiary/aromatic N) is 1. The van der Waals surface area contributed by atoms with Crippen LogP contribution < -0.4 is 5.32 Å². The molecule has 0 saturated heterocycles. The molecule has 2 rings (SSSR count). The third kappa shape index (κ3) is 3.84. The number of nitrogens with one attached hydrogen (secondary N) is 1. The van der Waals surface area contributed by atoms with E-state index in [1.165, 1.54) is 4.31 Å². The third-order valence-corrected chi connectivity index (χ3v) is 5.95. The second-order valence-corrected chi connectivity index (χ2v) is 7.74. The average molecular weight is 310 g/mol. The maximum Gasteiger partial charge on any atom is 0.243 e. The van der Waals surface area contributed by atoms with Crippen LogP contribution >= 0.6 is 0 Å². The Balaban J connectivity index is 2.23. The monoisotopic (exact) mass is 310 g/mol. The molecule has 0 amide bonds. The van der Waals surface area contributed by atoms with Crippen molar-refractivity contribution in [3.8, 4) is 0 Å². The molecule has 1 aromatic rings. The summed E-state index contributed by atoms with van der Waals surface area (Å²) in [5.41, 5.74) is 1.05. The van der Waals surface area contributed by atoms with Gasteiger partial charge in [0.1, 0.15) is 0 Å². The molecule has 1 fully saturated rings. The molecule has 1 unspecified atom stereocenters. The molecule has 1 atom stereocenters. The van der Waals surface area contributed by atoms with Gasteiger partial charge in [-0.25, -0.2) is 8.42 Å². The molecule has 1 aliphatic carbocycles. The van der Waals surface area contributed by atoms with Gasteiger partial charge in [0.15, 0.2) is 0 Å². The van der Waals surface area contributed by atoms with Gasteiger partial charge in [0.25, 0.3) is 0 Å². The fourth-order valence-corrected chi connectivity index (χ4v) is 3.98. The lowest BCUT2D eigenvalue weighted by Crippen LogP contribution is -2.29. The zero-order valence-corrected chi connectivity index (χ0v) is 14.0. The summed E-state index contributed by atoms with van der Waals surface area (Å²) >= 11 is 0. The topological polar surface area (TPSA) is 49.4 Å². The molecule has 0 spiro atoms. The Morgan fingerprint density at radius 2 is 2.05 bits per heavy atom. The predicted octanol–water partition coefficient (Wildman–Crippen LogP) is 2.92. The molecule has 1 aromatic carbocycles. The van der Waals surface area contributed by atoms with Crippen LogP contribution in [0.4, 0.5) is 0 Å². The smallest absolute Gasteiger partial charge is 0.243 e. The minimum absolute atomic E-state index is 0.193. The van der Waals surface area contributed by atoms with Crippen molar-refractivity contribution in [1.82, 2.24) is 9.62 Å². The Bertz CT molecular complexity index is 567. The molecule has 0 aliphatic heterocycles. The van der Waals surface area contributed by atoms with E-state index in [1.807, 2.05) is 18.2 Å². The Morgan fingerprint density at radius 3 is 2.62 bits per heavy atom. The van der Waals surface area contributed by atoms with Crippen molar-refractivity contribution in [2.45, 2.75) is 56.5 Å². The SMILES string of the molecule is CCCNC(CC)c1cccc(S(=O)(=O)N(C)C2CC2)c1. The highest BCUT2D eigenvalue weighted by molar-refractivity contribution is 7.89. The molecule has 0 heterocycles. The molecule has 1 saturated carbocycles. The van der Waals surface area contributed by atoms with Gasteiger partial charge in [-0.2, -0.15) is 4.31 Å². The number of rotatable bonds is 8. The maximum atomic E-state index is 12.6. The van der Waals surface area contributed by atoms with Crippen molar-refractivity contribution in [2.24, 2.45) is 0 Å². The maximum absolute atomic E-state index is 12.6. The van der Waals surface area contributed by atoms with Gasteiger partial charge >= 0.3 is 0 Å². The highest BCUT2D eigenvalue weighted by Gasteiger charge is 2.35. The van der Waals surface area contributed by atoms with Gasteiger partial charge in [-0.15, -0.1) is 0 Å². The highest BCUT2D eigenvalue weighted by atomic mass is 32.2. The zero-order valence-electron chi connectivity index (χ0n) is 13.2. The molecular weight excluding hydrogens is 284 g/mol.